The molecular formula is C8H5GeS2. The molecule has 0 amide bonds. The SMILES string of the molecule is C1=[C]2[Ge]=[c]3ccsc3=C2SC1. The van der Waals surface area contributed by atoms with Crippen molar-refractivity contribution in [1.29, 1.82) is 0 Å². The van der Waals surface area contributed by atoms with E-state index in [0.717, 1.165) is 0 Å². The van der Waals surface area contributed by atoms with Gasteiger partial charge >= 0.3 is 79.2 Å². The van der Waals surface area contributed by atoms with E-state index in [9.17, 15) is 0 Å². The third kappa shape index (κ3) is 0.863. The maximum absolute atomic E-state index is 2.42. The number of hydrogen-bond donors (Lipinski definition) is 0. The molecule has 0 unspecified atom stereocenters. The van der Waals surface area contributed by atoms with E-state index in [4.69, 9.17) is 0 Å². The van der Waals surface area contributed by atoms with Gasteiger partial charge in [0.05, 0.1) is 0 Å². The Morgan fingerprint density at radius 3 is 3.45 bits per heavy atom. The van der Waals surface area contributed by atoms with Gasteiger partial charge in [0.2, 0.25) is 0 Å². The summed E-state index contributed by atoms with van der Waals surface area (Å²) in [5.74, 6) is 1.23. The Labute approximate surface area is 79.0 Å². The van der Waals surface area contributed by atoms with Gasteiger partial charge in [-0.05, 0) is 0 Å². The molecule has 0 spiro atoms. The van der Waals surface area contributed by atoms with Crippen molar-refractivity contribution in [3.05, 3.63) is 30.5 Å². The second kappa shape index (κ2) is 2.34. The topological polar surface area (TPSA) is 0 Å². The van der Waals surface area contributed by atoms with Crippen molar-refractivity contribution in [3.63, 3.8) is 0 Å². The van der Waals surface area contributed by atoms with E-state index in [1.165, 1.54) is 5.75 Å². The van der Waals surface area contributed by atoms with Gasteiger partial charge in [-0.25, -0.2) is 0 Å². The van der Waals surface area contributed by atoms with E-state index in [2.05, 4.69) is 17.5 Å². The standard InChI is InChI=1S/C8H5GeS2/c1-3-10-7-5(1)9-6-2-4-11-8(6)7/h1-3H,4H2. The van der Waals surface area contributed by atoms with Crippen molar-refractivity contribution < 1.29 is 0 Å². The van der Waals surface area contributed by atoms with Crippen LogP contribution in [0.3, 0.4) is 0 Å². The molecule has 0 atom stereocenters. The van der Waals surface area contributed by atoms with Crippen LogP contribution in [-0.4, -0.2) is 20.7 Å². The van der Waals surface area contributed by atoms with Gasteiger partial charge < -0.3 is 0 Å². The summed E-state index contributed by atoms with van der Waals surface area (Å²) >= 11 is 4.05. The monoisotopic (exact) mass is 239 g/mol. The summed E-state index contributed by atoms with van der Waals surface area (Å²) in [7, 11) is 0. The number of fused-ring (bicyclic) bond motifs is 2. The van der Waals surface area contributed by atoms with Crippen LogP contribution in [0.1, 0.15) is 0 Å². The molecule has 1 aromatic heterocycles. The van der Waals surface area contributed by atoms with E-state index in [1.807, 2.05) is 23.1 Å². The van der Waals surface area contributed by atoms with E-state index >= 15 is 0 Å². The molecule has 0 saturated carbocycles. The molecule has 0 saturated heterocycles. The fourth-order valence-corrected chi connectivity index (χ4v) is 8.06. The minimum absolute atomic E-state index is 0.0984. The van der Waals surface area contributed by atoms with Crippen LogP contribution in [-0.2, 0) is 0 Å². The van der Waals surface area contributed by atoms with Crippen LogP contribution >= 0.6 is 23.1 Å². The van der Waals surface area contributed by atoms with Crippen LogP contribution in [0.25, 0.3) is 4.91 Å². The Balaban J connectivity index is 2.55. The molecule has 0 fully saturated rings. The first-order valence-corrected chi connectivity index (χ1v) is 7.46. The molecule has 3 heteroatoms. The van der Waals surface area contributed by atoms with Gasteiger partial charge in [-0.3, -0.25) is 0 Å². The van der Waals surface area contributed by atoms with E-state index in [-0.39, 0.29) is 15.0 Å². The molecule has 1 aromatic rings. The fourth-order valence-electron chi connectivity index (χ4n) is 1.40. The first-order chi connectivity index (χ1) is 5.45. The van der Waals surface area contributed by atoms with E-state index < -0.39 is 0 Å². The molecule has 0 bridgehead atoms. The van der Waals surface area contributed by atoms with Crippen molar-refractivity contribution in [2.45, 2.75) is 0 Å². The van der Waals surface area contributed by atoms with E-state index in [0.29, 0.717) is 0 Å². The van der Waals surface area contributed by atoms with Crippen molar-refractivity contribution in [2.24, 2.45) is 0 Å². The Morgan fingerprint density at radius 2 is 2.45 bits per heavy atom. The fraction of sp³-hybridized carbons (Fsp3) is 0.125. The van der Waals surface area contributed by atoms with Crippen LogP contribution in [0.5, 0.6) is 0 Å². The predicted molar refractivity (Wildman–Crippen MR) is 52.5 cm³/mol. The van der Waals surface area contributed by atoms with Gasteiger partial charge in [-0.2, -0.15) is 0 Å². The van der Waals surface area contributed by atoms with Gasteiger partial charge in [0, 0.05) is 0 Å². The van der Waals surface area contributed by atoms with Crippen molar-refractivity contribution in [1.82, 2.24) is 0 Å². The molecule has 0 aliphatic carbocycles. The third-order valence-corrected chi connectivity index (χ3v) is 7.73. The minimum atomic E-state index is 0.0984. The molecule has 2 aliphatic rings. The molecule has 53 valence electrons. The quantitative estimate of drug-likeness (QED) is 0.616. The number of thiophene rings is 1. The zero-order valence-electron chi connectivity index (χ0n) is 5.76. The zero-order chi connectivity index (χ0) is 7.26. The molecule has 0 N–H and O–H groups in total. The van der Waals surface area contributed by atoms with Crippen molar-refractivity contribution >= 4 is 43.0 Å². The molecule has 0 aromatic carbocycles. The first-order valence-electron chi connectivity index (χ1n) is 3.50. The summed E-state index contributed by atoms with van der Waals surface area (Å²) in [5, 5.41) is 2.23. The third-order valence-electron chi connectivity index (χ3n) is 1.90. The summed E-state index contributed by atoms with van der Waals surface area (Å²) in [4.78, 5) is 1.62. The summed E-state index contributed by atoms with van der Waals surface area (Å²) < 4.78 is 4.97. The summed E-state index contributed by atoms with van der Waals surface area (Å²) in [5.41, 5.74) is 0. The van der Waals surface area contributed by atoms with Gasteiger partial charge in [0.1, 0.15) is 0 Å². The summed E-state index contributed by atoms with van der Waals surface area (Å²) in [6.07, 6.45) is 2.42. The Morgan fingerprint density at radius 1 is 1.45 bits per heavy atom. The average molecular weight is 238 g/mol. The predicted octanol–water partition coefficient (Wildman–Crippen LogP) is 1.46. The second-order valence-electron chi connectivity index (χ2n) is 2.55. The molecule has 3 heterocycles. The number of thioether (sulfide) groups is 1. The average Bonchev–Trinajstić information content (AvgIpc) is 2.52. The van der Waals surface area contributed by atoms with E-state index in [1.54, 1.807) is 17.8 Å². The van der Waals surface area contributed by atoms with Crippen LogP contribution in [0.4, 0.5) is 0 Å². The maximum atomic E-state index is 2.42. The number of rotatable bonds is 0. The van der Waals surface area contributed by atoms with Gasteiger partial charge in [-0.15, -0.1) is 0 Å². The molecule has 1 radical (unpaired) electrons. The number of hydrogen-bond acceptors (Lipinski definition) is 2. The summed E-state index contributed by atoms with van der Waals surface area (Å²) in [6.45, 7) is 0. The van der Waals surface area contributed by atoms with Crippen LogP contribution in [0.15, 0.2) is 21.9 Å². The Hall–Kier alpha value is 0.203. The van der Waals surface area contributed by atoms with Crippen LogP contribution in [0.2, 0.25) is 0 Å². The molecule has 0 nitrogen and oxygen atoms in total. The van der Waals surface area contributed by atoms with Gasteiger partial charge in [0.15, 0.2) is 0 Å². The van der Waals surface area contributed by atoms with Crippen LogP contribution < -0.4 is 4.53 Å². The van der Waals surface area contributed by atoms with Gasteiger partial charge in [0.25, 0.3) is 0 Å². The van der Waals surface area contributed by atoms with Crippen molar-refractivity contribution in [3.8, 4) is 0 Å². The second-order valence-corrected chi connectivity index (χ2v) is 7.28. The first kappa shape index (κ1) is 6.69. The van der Waals surface area contributed by atoms with Crippen molar-refractivity contribution in [2.75, 3.05) is 5.75 Å². The Bertz CT molecular complexity index is 453. The normalized spacial score (nSPS) is 19.3. The van der Waals surface area contributed by atoms with Crippen LogP contribution in [0, 0.1) is 4.00 Å². The van der Waals surface area contributed by atoms with Gasteiger partial charge in [-0.1, -0.05) is 0 Å². The molecular weight excluding hydrogens is 233 g/mol. The molecule has 2 aliphatic heterocycles. The zero-order valence-corrected chi connectivity index (χ0v) is 9.49. The summed E-state index contributed by atoms with van der Waals surface area (Å²) in [6, 6.07) is 2.31. The molecule has 11 heavy (non-hydrogen) atoms. The molecule has 3 rings (SSSR count). The Kier molecular flexibility index (Phi) is 1.43.